The third kappa shape index (κ3) is 7.37. The van der Waals surface area contributed by atoms with Crippen LogP contribution in [0.25, 0.3) is 0 Å². The second kappa shape index (κ2) is 8.72. The minimum absolute atomic E-state index is 0. The second-order valence-corrected chi connectivity index (χ2v) is 3.61. The molecular weight excluding hydrogens is 210 g/mol. The van der Waals surface area contributed by atoms with E-state index >= 15 is 0 Å². The molecule has 0 aliphatic carbocycles. The number of hydrogen-bond acceptors (Lipinski definition) is 2. The molecule has 1 rings (SSSR count). The molecule has 1 unspecified atom stereocenters. The second-order valence-electron chi connectivity index (χ2n) is 3.61. The SMILES string of the molecule is CC(N)CCOCCc1ccccc1.Cl. The summed E-state index contributed by atoms with van der Waals surface area (Å²) in [5.41, 5.74) is 6.93. The summed E-state index contributed by atoms with van der Waals surface area (Å²) in [5.74, 6) is 0. The van der Waals surface area contributed by atoms with Gasteiger partial charge in [-0.3, -0.25) is 0 Å². The number of rotatable bonds is 6. The summed E-state index contributed by atoms with van der Waals surface area (Å²) in [7, 11) is 0. The molecule has 1 aromatic rings. The Hall–Kier alpha value is -0.570. The first-order chi connectivity index (χ1) is 6.79. The van der Waals surface area contributed by atoms with Gasteiger partial charge in [-0.25, -0.2) is 0 Å². The molecule has 0 saturated carbocycles. The lowest BCUT2D eigenvalue weighted by atomic mass is 10.2. The van der Waals surface area contributed by atoms with Gasteiger partial charge in [0.25, 0.3) is 0 Å². The van der Waals surface area contributed by atoms with E-state index in [9.17, 15) is 0 Å². The van der Waals surface area contributed by atoms with E-state index in [0.29, 0.717) is 0 Å². The Balaban J connectivity index is 0.00000196. The van der Waals surface area contributed by atoms with Crippen molar-refractivity contribution in [2.75, 3.05) is 13.2 Å². The van der Waals surface area contributed by atoms with E-state index in [1.54, 1.807) is 0 Å². The average molecular weight is 230 g/mol. The highest BCUT2D eigenvalue weighted by Crippen LogP contribution is 1.99. The van der Waals surface area contributed by atoms with Crippen LogP contribution in [0.15, 0.2) is 30.3 Å². The van der Waals surface area contributed by atoms with Crippen LogP contribution in [-0.4, -0.2) is 19.3 Å². The number of hydrogen-bond donors (Lipinski definition) is 1. The van der Waals surface area contributed by atoms with Gasteiger partial charge in [0.15, 0.2) is 0 Å². The predicted molar refractivity (Wildman–Crippen MR) is 66.5 cm³/mol. The molecule has 3 heteroatoms. The minimum atomic E-state index is 0. The molecule has 0 spiro atoms. The van der Waals surface area contributed by atoms with Crippen molar-refractivity contribution in [3.8, 4) is 0 Å². The highest BCUT2D eigenvalue weighted by molar-refractivity contribution is 5.85. The van der Waals surface area contributed by atoms with Crippen LogP contribution in [0.2, 0.25) is 0 Å². The fourth-order valence-corrected chi connectivity index (χ4v) is 1.21. The first-order valence-corrected chi connectivity index (χ1v) is 5.16. The van der Waals surface area contributed by atoms with E-state index in [0.717, 1.165) is 26.1 Å². The Bertz CT molecular complexity index is 239. The van der Waals surface area contributed by atoms with Crippen molar-refractivity contribution in [3.63, 3.8) is 0 Å². The summed E-state index contributed by atoms with van der Waals surface area (Å²) in [6, 6.07) is 10.6. The zero-order valence-electron chi connectivity index (χ0n) is 9.19. The Morgan fingerprint density at radius 1 is 1.20 bits per heavy atom. The Morgan fingerprint density at radius 3 is 2.47 bits per heavy atom. The third-order valence-corrected chi connectivity index (χ3v) is 2.10. The number of ether oxygens (including phenoxy) is 1. The van der Waals surface area contributed by atoms with Crippen molar-refractivity contribution in [2.45, 2.75) is 25.8 Å². The topological polar surface area (TPSA) is 35.2 Å². The van der Waals surface area contributed by atoms with Gasteiger partial charge in [0.05, 0.1) is 6.61 Å². The molecule has 0 aliphatic heterocycles. The molecule has 0 aromatic heterocycles. The molecular formula is C12H20ClNO. The molecule has 86 valence electrons. The van der Waals surface area contributed by atoms with Gasteiger partial charge in [0, 0.05) is 12.6 Å². The molecule has 2 nitrogen and oxygen atoms in total. The smallest absolute Gasteiger partial charge is 0.0506 e. The van der Waals surface area contributed by atoms with Crippen LogP contribution in [-0.2, 0) is 11.2 Å². The van der Waals surface area contributed by atoms with Crippen LogP contribution in [0.3, 0.4) is 0 Å². The van der Waals surface area contributed by atoms with Crippen LogP contribution in [0.4, 0.5) is 0 Å². The van der Waals surface area contributed by atoms with Gasteiger partial charge in [0.1, 0.15) is 0 Å². The van der Waals surface area contributed by atoms with E-state index in [2.05, 4.69) is 24.3 Å². The van der Waals surface area contributed by atoms with Crippen molar-refractivity contribution in [1.82, 2.24) is 0 Å². The zero-order valence-corrected chi connectivity index (χ0v) is 10.0. The van der Waals surface area contributed by atoms with Crippen molar-refractivity contribution < 1.29 is 4.74 Å². The van der Waals surface area contributed by atoms with Crippen LogP contribution < -0.4 is 5.73 Å². The summed E-state index contributed by atoms with van der Waals surface area (Å²) in [6.45, 7) is 3.56. The van der Waals surface area contributed by atoms with E-state index in [-0.39, 0.29) is 18.4 Å². The molecule has 0 fully saturated rings. The lowest BCUT2D eigenvalue weighted by Gasteiger charge is -2.06. The Morgan fingerprint density at radius 2 is 1.87 bits per heavy atom. The van der Waals surface area contributed by atoms with Crippen LogP contribution in [0.1, 0.15) is 18.9 Å². The standard InChI is InChI=1S/C12H19NO.ClH/c1-11(13)7-9-14-10-8-12-5-3-2-4-6-12;/h2-6,11H,7-10,13H2,1H3;1H. The fraction of sp³-hybridized carbons (Fsp3) is 0.500. The molecule has 1 atom stereocenters. The van der Waals surface area contributed by atoms with Gasteiger partial charge in [0.2, 0.25) is 0 Å². The lowest BCUT2D eigenvalue weighted by molar-refractivity contribution is 0.131. The van der Waals surface area contributed by atoms with Gasteiger partial charge in [-0.2, -0.15) is 0 Å². The van der Waals surface area contributed by atoms with E-state index in [4.69, 9.17) is 10.5 Å². The zero-order chi connectivity index (χ0) is 10.2. The van der Waals surface area contributed by atoms with Crippen molar-refractivity contribution in [1.29, 1.82) is 0 Å². The Labute approximate surface area is 98.2 Å². The average Bonchev–Trinajstić information content (AvgIpc) is 2.18. The maximum atomic E-state index is 5.61. The van der Waals surface area contributed by atoms with Crippen LogP contribution in [0, 0.1) is 0 Å². The summed E-state index contributed by atoms with van der Waals surface area (Å²) in [6.07, 6.45) is 1.93. The maximum absolute atomic E-state index is 5.61. The largest absolute Gasteiger partial charge is 0.381 e. The molecule has 0 aliphatic rings. The monoisotopic (exact) mass is 229 g/mol. The maximum Gasteiger partial charge on any atom is 0.0506 e. The van der Waals surface area contributed by atoms with Gasteiger partial charge in [-0.1, -0.05) is 30.3 Å². The molecule has 1 aromatic carbocycles. The lowest BCUT2D eigenvalue weighted by Crippen LogP contribution is -2.17. The predicted octanol–water partition coefficient (Wildman–Crippen LogP) is 2.40. The highest BCUT2D eigenvalue weighted by atomic mass is 35.5. The molecule has 0 radical (unpaired) electrons. The van der Waals surface area contributed by atoms with Crippen LogP contribution in [0.5, 0.6) is 0 Å². The quantitative estimate of drug-likeness (QED) is 0.761. The third-order valence-electron chi connectivity index (χ3n) is 2.10. The minimum Gasteiger partial charge on any atom is -0.381 e. The van der Waals surface area contributed by atoms with Crippen molar-refractivity contribution >= 4 is 12.4 Å². The summed E-state index contributed by atoms with van der Waals surface area (Å²) in [4.78, 5) is 0. The number of benzene rings is 1. The van der Waals surface area contributed by atoms with Gasteiger partial charge >= 0.3 is 0 Å². The van der Waals surface area contributed by atoms with Gasteiger partial charge < -0.3 is 10.5 Å². The van der Waals surface area contributed by atoms with Crippen molar-refractivity contribution in [3.05, 3.63) is 35.9 Å². The summed E-state index contributed by atoms with van der Waals surface area (Å²) >= 11 is 0. The molecule has 15 heavy (non-hydrogen) atoms. The van der Waals surface area contributed by atoms with E-state index in [1.807, 2.05) is 13.0 Å². The van der Waals surface area contributed by atoms with E-state index < -0.39 is 0 Å². The molecule has 2 N–H and O–H groups in total. The normalized spacial score (nSPS) is 11.9. The number of nitrogens with two attached hydrogens (primary N) is 1. The highest BCUT2D eigenvalue weighted by Gasteiger charge is 1.94. The van der Waals surface area contributed by atoms with Gasteiger partial charge in [-0.05, 0) is 25.3 Å². The van der Waals surface area contributed by atoms with Crippen molar-refractivity contribution in [2.24, 2.45) is 5.73 Å². The first kappa shape index (κ1) is 14.4. The first-order valence-electron chi connectivity index (χ1n) is 5.16. The van der Waals surface area contributed by atoms with Gasteiger partial charge in [-0.15, -0.1) is 12.4 Å². The van der Waals surface area contributed by atoms with E-state index in [1.165, 1.54) is 5.56 Å². The summed E-state index contributed by atoms with van der Waals surface area (Å²) < 4.78 is 5.47. The number of halogens is 1. The molecule has 0 heterocycles. The molecule has 0 amide bonds. The molecule has 0 bridgehead atoms. The fourth-order valence-electron chi connectivity index (χ4n) is 1.21. The summed E-state index contributed by atoms with van der Waals surface area (Å²) in [5, 5.41) is 0. The Kier molecular flexibility index (Phi) is 8.38. The molecule has 0 saturated heterocycles. The van der Waals surface area contributed by atoms with Crippen LogP contribution >= 0.6 is 12.4 Å².